The topological polar surface area (TPSA) is 103 Å². The zero-order chi connectivity index (χ0) is 18.5. The maximum Gasteiger partial charge on any atom is 0.247 e. The molecule has 0 amide bonds. The Morgan fingerprint density at radius 1 is 1.35 bits per heavy atom. The molecule has 0 bridgehead atoms. The van der Waals surface area contributed by atoms with Gasteiger partial charge in [0.1, 0.15) is 10.9 Å². The van der Waals surface area contributed by atoms with Gasteiger partial charge >= 0.3 is 0 Å². The van der Waals surface area contributed by atoms with Gasteiger partial charge in [0.05, 0.1) is 12.3 Å². The fourth-order valence-corrected chi connectivity index (χ4v) is 4.76. The first kappa shape index (κ1) is 17.6. The standard InChI is InChI=1S/C16H23N5O4S/c1-10(2)20-9-13(7-17-20)26(22,23)21-8-12(24-3)6-14(21)16-18-15(19-25-16)11-4-5-11/h7,9-12,14H,4-6,8H2,1-3H3/t12-,14+/m0/s1. The molecule has 10 heteroatoms. The van der Waals surface area contributed by atoms with Crippen molar-refractivity contribution in [3.05, 3.63) is 24.1 Å². The number of nitrogens with zero attached hydrogens (tertiary/aromatic N) is 5. The van der Waals surface area contributed by atoms with Crippen molar-refractivity contribution in [3.8, 4) is 0 Å². The summed E-state index contributed by atoms with van der Waals surface area (Å²) >= 11 is 0. The number of hydrogen-bond donors (Lipinski definition) is 0. The van der Waals surface area contributed by atoms with Crippen LogP contribution in [-0.2, 0) is 14.8 Å². The summed E-state index contributed by atoms with van der Waals surface area (Å²) in [4.78, 5) is 4.62. The van der Waals surface area contributed by atoms with Gasteiger partial charge in [0.2, 0.25) is 15.9 Å². The lowest BCUT2D eigenvalue weighted by Crippen LogP contribution is -2.32. The van der Waals surface area contributed by atoms with Crippen LogP contribution in [0.4, 0.5) is 0 Å². The van der Waals surface area contributed by atoms with Crippen molar-refractivity contribution in [1.82, 2.24) is 24.2 Å². The molecule has 2 aromatic heterocycles. The zero-order valence-corrected chi connectivity index (χ0v) is 15.9. The van der Waals surface area contributed by atoms with Crippen molar-refractivity contribution in [1.29, 1.82) is 0 Å². The molecule has 0 spiro atoms. The van der Waals surface area contributed by atoms with E-state index in [9.17, 15) is 8.42 Å². The average Bonchev–Trinajstić information content (AvgIpc) is 3.08. The number of hydrogen-bond acceptors (Lipinski definition) is 7. The third-order valence-corrected chi connectivity index (χ3v) is 6.78. The van der Waals surface area contributed by atoms with Crippen molar-refractivity contribution in [2.75, 3.05) is 13.7 Å². The third-order valence-electron chi connectivity index (χ3n) is 4.95. The van der Waals surface area contributed by atoms with Gasteiger partial charge in [-0.15, -0.1) is 0 Å². The Bertz CT molecular complexity index is 886. The normalized spacial score (nSPS) is 24.6. The second-order valence-electron chi connectivity index (χ2n) is 7.20. The molecule has 1 aliphatic carbocycles. The van der Waals surface area contributed by atoms with Gasteiger partial charge < -0.3 is 9.26 Å². The summed E-state index contributed by atoms with van der Waals surface area (Å²) in [5.41, 5.74) is 0. The van der Waals surface area contributed by atoms with E-state index in [0.717, 1.165) is 12.8 Å². The van der Waals surface area contributed by atoms with Crippen LogP contribution in [0.5, 0.6) is 0 Å². The molecular formula is C16H23N5O4S. The van der Waals surface area contributed by atoms with Crippen molar-refractivity contribution in [2.24, 2.45) is 0 Å². The highest BCUT2D eigenvalue weighted by molar-refractivity contribution is 7.89. The maximum atomic E-state index is 13.2. The lowest BCUT2D eigenvalue weighted by Gasteiger charge is -2.20. The first-order valence-corrected chi connectivity index (χ1v) is 10.3. The Kier molecular flexibility index (Phi) is 4.36. The highest BCUT2D eigenvalue weighted by Crippen LogP contribution is 2.41. The number of aromatic nitrogens is 4. The summed E-state index contributed by atoms with van der Waals surface area (Å²) in [7, 11) is -2.16. The van der Waals surface area contributed by atoms with E-state index in [1.54, 1.807) is 18.0 Å². The molecule has 4 rings (SSSR count). The lowest BCUT2D eigenvalue weighted by atomic mass is 10.2. The van der Waals surface area contributed by atoms with E-state index in [0.29, 0.717) is 24.1 Å². The molecule has 1 aliphatic heterocycles. The van der Waals surface area contributed by atoms with E-state index in [-0.39, 0.29) is 23.6 Å². The summed E-state index contributed by atoms with van der Waals surface area (Å²) in [6.07, 6.45) is 5.32. The number of methoxy groups -OCH3 is 1. The molecule has 0 N–H and O–H groups in total. The number of rotatable bonds is 6. The lowest BCUT2D eigenvalue weighted by molar-refractivity contribution is 0.114. The molecule has 2 fully saturated rings. The van der Waals surface area contributed by atoms with E-state index in [1.807, 2.05) is 13.8 Å². The molecular weight excluding hydrogens is 358 g/mol. The largest absolute Gasteiger partial charge is 0.380 e. The second-order valence-corrected chi connectivity index (χ2v) is 9.09. The van der Waals surface area contributed by atoms with Gasteiger partial charge in [-0.05, 0) is 26.7 Å². The van der Waals surface area contributed by atoms with Crippen molar-refractivity contribution >= 4 is 10.0 Å². The van der Waals surface area contributed by atoms with E-state index in [2.05, 4.69) is 15.2 Å². The van der Waals surface area contributed by atoms with Crippen LogP contribution in [0.3, 0.4) is 0 Å². The molecule has 9 nitrogen and oxygen atoms in total. The highest BCUT2D eigenvalue weighted by Gasteiger charge is 2.45. The number of ether oxygens (including phenoxy) is 1. The molecule has 26 heavy (non-hydrogen) atoms. The maximum absolute atomic E-state index is 13.2. The van der Waals surface area contributed by atoms with Crippen LogP contribution in [0.2, 0.25) is 0 Å². The molecule has 1 saturated heterocycles. The van der Waals surface area contributed by atoms with Gasteiger partial charge in [-0.3, -0.25) is 4.68 Å². The average molecular weight is 381 g/mol. The molecule has 0 radical (unpaired) electrons. The van der Waals surface area contributed by atoms with Crippen molar-refractivity contribution in [3.63, 3.8) is 0 Å². The second kappa shape index (κ2) is 6.43. The van der Waals surface area contributed by atoms with Crippen LogP contribution in [0, 0.1) is 0 Å². The summed E-state index contributed by atoms with van der Waals surface area (Å²) in [5, 5.41) is 8.18. The molecule has 2 aromatic rings. The fourth-order valence-electron chi connectivity index (χ4n) is 3.19. The minimum absolute atomic E-state index is 0.0806. The first-order valence-electron chi connectivity index (χ1n) is 8.82. The fraction of sp³-hybridized carbons (Fsp3) is 0.688. The van der Waals surface area contributed by atoms with Crippen molar-refractivity contribution < 1.29 is 17.7 Å². The van der Waals surface area contributed by atoms with E-state index in [4.69, 9.17) is 9.26 Å². The van der Waals surface area contributed by atoms with Gasteiger partial charge in [0.25, 0.3) is 0 Å². The van der Waals surface area contributed by atoms with Crippen molar-refractivity contribution in [2.45, 2.75) is 62.1 Å². The summed E-state index contributed by atoms with van der Waals surface area (Å²) in [6.45, 7) is 4.14. The quantitative estimate of drug-likeness (QED) is 0.752. The minimum atomic E-state index is -3.74. The van der Waals surface area contributed by atoms with Crippen LogP contribution in [0.25, 0.3) is 0 Å². The molecule has 1 saturated carbocycles. The van der Waals surface area contributed by atoms with Gasteiger partial charge in [-0.25, -0.2) is 8.42 Å². The van der Waals surface area contributed by atoms with Gasteiger partial charge in [0.15, 0.2) is 5.82 Å². The van der Waals surface area contributed by atoms with Crippen LogP contribution < -0.4 is 0 Å². The van der Waals surface area contributed by atoms with Gasteiger partial charge in [-0.1, -0.05) is 5.16 Å². The summed E-state index contributed by atoms with van der Waals surface area (Å²) in [6, 6.07) is -0.440. The Hall–Kier alpha value is -1.78. The highest BCUT2D eigenvalue weighted by atomic mass is 32.2. The Labute approximate surface area is 152 Å². The Morgan fingerprint density at radius 3 is 2.73 bits per heavy atom. The molecule has 2 atom stereocenters. The molecule has 142 valence electrons. The zero-order valence-electron chi connectivity index (χ0n) is 15.1. The Balaban J connectivity index is 1.66. The van der Waals surface area contributed by atoms with E-state index in [1.165, 1.54) is 10.5 Å². The monoisotopic (exact) mass is 381 g/mol. The van der Waals surface area contributed by atoms with Crippen LogP contribution >= 0.6 is 0 Å². The van der Waals surface area contributed by atoms with Crippen LogP contribution in [0.15, 0.2) is 21.8 Å². The van der Waals surface area contributed by atoms with Gasteiger partial charge in [-0.2, -0.15) is 14.4 Å². The van der Waals surface area contributed by atoms with E-state index >= 15 is 0 Å². The predicted octanol–water partition coefficient (Wildman–Crippen LogP) is 1.88. The molecule has 2 aliphatic rings. The molecule has 0 aromatic carbocycles. The van der Waals surface area contributed by atoms with Gasteiger partial charge in [0, 0.05) is 38.2 Å². The van der Waals surface area contributed by atoms with Crippen LogP contribution in [-0.4, -0.2) is 52.4 Å². The van der Waals surface area contributed by atoms with Crippen LogP contribution in [0.1, 0.15) is 62.8 Å². The molecule has 3 heterocycles. The Morgan fingerprint density at radius 2 is 2.12 bits per heavy atom. The molecule has 0 unspecified atom stereocenters. The third kappa shape index (κ3) is 3.06. The summed E-state index contributed by atoms with van der Waals surface area (Å²) < 4.78 is 40.2. The smallest absolute Gasteiger partial charge is 0.247 e. The minimum Gasteiger partial charge on any atom is -0.380 e. The first-order chi connectivity index (χ1) is 12.4. The predicted molar refractivity (Wildman–Crippen MR) is 90.9 cm³/mol. The summed E-state index contributed by atoms with van der Waals surface area (Å²) in [5.74, 6) is 1.36. The number of sulfonamides is 1. The van der Waals surface area contributed by atoms with E-state index < -0.39 is 16.1 Å². The SMILES string of the molecule is CO[C@H]1C[C@H](c2nc(C3CC3)no2)N(S(=O)(=O)c2cnn(C(C)C)c2)C1.